The molecule has 0 bridgehead atoms. The van der Waals surface area contributed by atoms with Gasteiger partial charge in [0, 0.05) is 12.0 Å². The van der Waals surface area contributed by atoms with Gasteiger partial charge in [-0.15, -0.1) is 0 Å². The van der Waals surface area contributed by atoms with E-state index in [1.165, 1.54) is 0 Å². The molecule has 2 N–H and O–H groups in total. The highest BCUT2D eigenvalue weighted by molar-refractivity contribution is 5.78. The molecule has 0 radical (unpaired) electrons. The van der Waals surface area contributed by atoms with Crippen molar-refractivity contribution in [1.82, 2.24) is 10.5 Å². The molecule has 0 fully saturated rings. The number of amides is 1. The average molecular weight is 330 g/mol. The molecule has 0 saturated heterocycles. The molecule has 0 saturated carbocycles. The summed E-state index contributed by atoms with van der Waals surface area (Å²) in [6.45, 7) is 5.24. The lowest BCUT2D eigenvalue weighted by molar-refractivity contribution is -0.142. The minimum absolute atomic E-state index is 0.197. The second-order valence-corrected chi connectivity index (χ2v) is 5.89. The molecule has 2 atom stereocenters. The molecule has 24 heavy (non-hydrogen) atoms. The van der Waals surface area contributed by atoms with Crippen molar-refractivity contribution in [1.29, 1.82) is 0 Å². The summed E-state index contributed by atoms with van der Waals surface area (Å²) in [7, 11) is 0. The Hall–Kier alpha value is -2.63. The summed E-state index contributed by atoms with van der Waals surface area (Å²) in [6, 6.07) is 8.57. The zero-order chi connectivity index (χ0) is 17.7. The van der Waals surface area contributed by atoms with Gasteiger partial charge in [-0.3, -0.25) is 9.59 Å². The first kappa shape index (κ1) is 17.7. The van der Waals surface area contributed by atoms with Crippen LogP contribution in [-0.2, 0) is 16.0 Å². The predicted octanol–water partition coefficient (Wildman–Crippen LogP) is 2.80. The zero-order valence-electron chi connectivity index (χ0n) is 14.1. The molecule has 0 aliphatic rings. The van der Waals surface area contributed by atoms with Crippen molar-refractivity contribution in [2.45, 2.75) is 39.7 Å². The van der Waals surface area contributed by atoms with E-state index in [1.807, 2.05) is 44.2 Å². The van der Waals surface area contributed by atoms with E-state index in [0.717, 1.165) is 16.8 Å². The Morgan fingerprint density at radius 2 is 1.92 bits per heavy atom. The van der Waals surface area contributed by atoms with E-state index >= 15 is 0 Å². The first-order valence-electron chi connectivity index (χ1n) is 7.89. The Labute approximate surface area is 140 Å². The Kier molecular flexibility index (Phi) is 5.73. The first-order valence-corrected chi connectivity index (χ1v) is 7.89. The van der Waals surface area contributed by atoms with Crippen LogP contribution >= 0.6 is 0 Å². The van der Waals surface area contributed by atoms with E-state index in [9.17, 15) is 14.7 Å². The van der Waals surface area contributed by atoms with E-state index in [-0.39, 0.29) is 12.3 Å². The van der Waals surface area contributed by atoms with Gasteiger partial charge < -0.3 is 14.9 Å². The van der Waals surface area contributed by atoms with E-state index in [4.69, 9.17) is 4.52 Å². The van der Waals surface area contributed by atoms with Gasteiger partial charge in [0.25, 0.3) is 0 Å². The van der Waals surface area contributed by atoms with Gasteiger partial charge >= 0.3 is 5.97 Å². The van der Waals surface area contributed by atoms with Crippen LogP contribution in [0.4, 0.5) is 0 Å². The second kappa shape index (κ2) is 7.77. The van der Waals surface area contributed by atoms with Gasteiger partial charge in [-0.2, -0.15) is 0 Å². The van der Waals surface area contributed by atoms with Crippen molar-refractivity contribution in [2.24, 2.45) is 5.92 Å². The number of hydrogen-bond donors (Lipinski definition) is 2. The normalized spacial score (nSPS) is 13.3. The van der Waals surface area contributed by atoms with E-state index in [2.05, 4.69) is 10.5 Å². The van der Waals surface area contributed by atoms with Crippen LogP contribution in [-0.4, -0.2) is 22.1 Å². The lowest BCUT2D eigenvalue weighted by atomic mass is 9.94. The SMILES string of the molecule is Cc1noc(C)c1CCC(=O)NC(c1ccccc1)C(C)C(=O)O. The number of nitrogens with one attached hydrogen (secondary N) is 1. The molecule has 128 valence electrons. The number of aryl methyl sites for hydroxylation is 2. The molecule has 1 heterocycles. The van der Waals surface area contributed by atoms with Crippen LogP contribution in [0.25, 0.3) is 0 Å². The molecular weight excluding hydrogens is 308 g/mol. The van der Waals surface area contributed by atoms with E-state index in [1.54, 1.807) is 6.92 Å². The number of hydrogen-bond acceptors (Lipinski definition) is 4. The minimum atomic E-state index is -0.949. The topological polar surface area (TPSA) is 92.4 Å². The number of carboxylic acids is 1. The number of benzene rings is 1. The monoisotopic (exact) mass is 330 g/mol. The maximum atomic E-state index is 12.3. The highest BCUT2D eigenvalue weighted by Gasteiger charge is 2.26. The summed E-state index contributed by atoms with van der Waals surface area (Å²) >= 11 is 0. The summed E-state index contributed by atoms with van der Waals surface area (Å²) in [6.07, 6.45) is 0.758. The first-order chi connectivity index (χ1) is 11.4. The van der Waals surface area contributed by atoms with Crippen LogP contribution in [0.2, 0.25) is 0 Å². The Bertz CT molecular complexity index is 690. The largest absolute Gasteiger partial charge is 0.481 e. The van der Waals surface area contributed by atoms with Crippen LogP contribution in [0.15, 0.2) is 34.9 Å². The van der Waals surface area contributed by atoms with Crippen LogP contribution in [0, 0.1) is 19.8 Å². The van der Waals surface area contributed by atoms with Gasteiger partial charge in [-0.05, 0) is 32.8 Å². The Balaban J connectivity index is 2.06. The summed E-state index contributed by atoms with van der Waals surface area (Å²) < 4.78 is 5.09. The second-order valence-electron chi connectivity index (χ2n) is 5.89. The molecule has 1 aromatic heterocycles. The quantitative estimate of drug-likeness (QED) is 0.814. The number of aromatic nitrogens is 1. The average Bonchev–Trinajstić information content (AvgIpc) is 2.89. The third-order valence-electron chi connectivity index (χ3n) is 4.15. The summed E-state index contributed by atoms with van der Waals surface area (Å²) in [5, 5.41) is 16.0. The Morgan fingerprint density at radius 1 is 1.25 bits per heavy atom. The van der Waals surface area contributed by atoms with Crippen LogP contribution in [0.3, 0.4) is 0 Å². The van der Waals surface area contributed by atoms with Crippen LogP contribution in [0.1, 0.15) is 42.0 Å². The molecule has 1 aromatic carbocycles. The van der Waals surface area contributed by atoms with Crippen molar-refractivity contribution >= 4 is 11.9 Å². The number of carboxylic acid groups (broad SMARTS) is 1. The molecule has 2 aromatic rings. The highest BCUT2D eigenvalue weighted by atomic mass is 16.5. The minimum Gasteiger partial charge on any atom is -0.481 e. The molecule has 6 nitrogen and oxygen atoms in total. The predicted molar refractivity (Wildman–Crippen MR) is 88.4 cm³/mol. The lowest BCUT2D eigenvalue weighted by Gasteiger charge is -2.23. The summed E-state index contributed by atoms with van der Waals surface area (Å²) in [5.41, 5.74) is 2.48. The van der Waals surface area contributed by atoms with Crippen LogP contribution in [0.5, 0.6) is 0 Å². The smallest absolute Gasteiger partial charge is 0.308 e. The fourth-order valence-corrected chi connectivity index (χ4v) is 2.64. The van der Waals surface area contributed by atoms with Crippen molar-refractivity contribution in [3.63, 3.8) is 0 Å². The molecule has 1 amide bonds. The lowest BCUT2D eigenvalue weighted by Crippen LogP contribution is -2.35. The van der Waals surface area contributed by atoms with Crippen molar-refractivity contribution in [3.8, 4) is 0 Å². The van der Waals surface area contributed by atoms with E-state index < -0.39 is 17.9 Å². The Morgan fingerprint density at radius 3 is 2.46 bits per heavy atom. The van der Waals surface area contributed by atoms with Gasteiger partial charge in [-0.25, -0.2) is 0 Å². The van der Waals surface area contributed by atoms with Gasteiger partial charge in [0.1, 0.15) is 5.76 Å². The molecule has 2 unspecified atom stereocenters. The van der Waals surface area contributed by atoms with Gasteiger partial charge in [-0.1, -0.05) is 35.5 Å². The van der Waals surface area contributed by atoms with Gasteiger partial charge in [0.15, 0.2) is 0 Å². The fraction of sp³-hybridized carbons (Fsp3) is 0.389. The van der Waals surface area contributed by atoms with Gasteiger partial charge in [0.2, 0.25) is 5.91 Å². The molecule has 6 heteroatoms. The van der Waals surface area contributed by atoms with Crippen molar-refractivity contribution in [2.75, 3.05) is 0 Å². The highest BCUT2D eigenvalue weighted by Crippen LogP contribution is 2.22. The van der Waals surface area contributed by atoms with Gasteiger partial charge in [0.05, 0.1) is 17.7 Å². The molecular formula is C18H22N2O4. The van der Waals surface area contributed by atoms with E-state index in [0.29, 0.717) is 12.2 Å². The van der Waals surface area contributed by atoms with Crippen molar-refractivity contribution in [3.05, 3.63) is 52.9 Å². The third kappa shape index (κ3) is 4.22. The maximum absolute atomic E-state index is 12.3. The van der Waals surface area contributed by atoms with Crippen molar-refractivity contribution < 1.29 is 19.2 Å². The summed E-state index contributed by atoms with van der Waals surface area (Å²) in [4.78, 5) is 23.7. The third-order valence-corrected chi connectivity index (χ3v) is 4.15. The zero-order valence-corrected chi connectivity index (χ0v) is 14.1. The number of aliphatic carboxylic acids is 1. The molecule has 0 spiro atoms. The fourth-order valence-electron chi connectivity index (χ4n) is 2.64. The maximum Gasteiger partial charge on any atom is 0.308 e. The number of rotatable bonds is 7. The number of carbonyl (C=O) groups excluding carboxylic acids is 1. The number of carbonyl (C=O) groups is 2. The molecule has 0 aliphatic heterocycles. The molecule has 2 rings (SSSR count). The number of nitrogens with zero attached hydrogens (tertiary/aromatic N) is 1. The molecule has 0 aliphatic carbocycles. The standard InChI is InChI=1S/C18H22N2O4/c1-11(18(22)23)17(14-7-5-4-6-8-14)19-16(21)10-9-15-12(2)20-24-13(15)3/h4-8,11,17H,9-10H2,1-3H3,(H,19,21)(H,22,23). The summed E-state index contributed by atoms with van der Waals surface area (Å²) in [5.74, 6) is -1.17. The van der Waals surface area contributed by atoms with Crippen LogP contribution < -0.4 is 5.32 Å².